The van der Waals surface area contributed by atoms with E-state index in [0.29, 0.717) is 42.7 Å². The molecule has 1 aromatic carbocycles. The van der Waals surface area contributed by atoms with Crippen molar-refractivity contribution in [2.75, 3.05) is 19.6 Å². The van der Waals surface area contributed by atoms with Crippen LogP contribution < -0.4 is 5.32 Å². The number of hydrogen-bond donors (Lipinski definition) is 1. The van der Waals surface area contributed by atoms with E-state index >= 15 is 0 Å². The van der Waals surface area contributed by atoms with Crippen LogP contribution in [0.25, 0.3) is 10.9 Å². The summed E-state index contributed by atoms with van der Waals surface area (Å²) in [6.07, 6.45) is 3.02. The van der Waals surface area contributed by atoms with Crippen molar-refractivity contribution in [1.29, 1.82) is 0 Å². The van der Waals surface area contributed by atoms with Gasteiger partial charge in [-0.2, -0.15) is 0 Å². The third kappa shape index (κ3) is 4.11. The highest BCUT2D eigenvalue weighted by molar-refractivity contribution is 6.06. The highest BCUT2D eigenvalue weighted by atomic mass is 16.5. The minimum absolute atomic E-state index is 0.0787. The molecule has 2 aliphatic rings. The van der Waals surface area contributed by atoms with Gasteiger partial charge in [0.1, 0.15) is 5.76 Å². The van der Waals surface area contributed by atoms with Crippen molar-refractivity contribution in [3.63, 3.8) is 0 Å². The SMILES string of the molecule is CC(C)CNC(=O)c1cc([C@@H]2CCN(C(=O)c3cc(C4CC4)on3)C2)nc2ccccc12. The lowest BCUT2D eigenvalue weighted by molar-refractivity contribution is 0.0780. The van der Waals surface area contributed by atoms with E-state index in [2.05, 4.69) is 24.3 Å². The van der Waals surface area contributed by atoms with Crippen LogP contribution in [0.4, 0.5) is 0 Å². The van der Waals surface area contributed by atoms with Gasteiger partial charge in [-0.1, -0.05) is 37.2 Å². The molecule has 0 radical (unpaired) electrons. The van der Waals surface area contributed by atoms with Gasteiger partial charge >= 0.3 is 0 Å². The second-order valence-corrected chi connectivity index (χ2v) is 9.34. The van der Waals surface area contributed by atoms with E-state index in [0.717, 1.165) is 41.6 Å². The molecule has 1 aliphatic heterocycles. The van der Waals surface area contributed by atoms with Crippen LogP contribution in [0, 0.1) is 5.92 Å². The zero-order chi connectivity index (χ0) is 22.2. The molecule has 0 spiro atoms. The summed E-state index contributed by atoms with van der Waals surface area (Å²) < 4.78 is 5.36. The number of fused-ring (bicyclic) bond motifs is 1. The molecule has 2 aromatic heterocycles. The van der Waals surface area contributed by atoms with Gasteiger partial charge in [0.15, 0.2) is 5.69 Å². The first-order valence-corrected chi connectivity index (χ1v) is 11.4. The molecule has 0 bridgehead atoms. The fraction of sp³-hybridized carbons (Fsp3) is 0.440. The molecule has 7 heteroatoms. The first-order chi connectivity index (χ1) is 15.5. The number of amides is 2. The fourth-order valence-corrected chi connectivity index (χ4v) is 4.28. The van der Waals surface area contributed by atoms with Gasteiger partial charge in [0, 0.05) is 48.6 Å². The van der Waals surface area contributed by atoms with Crippen molar-refractivity contribution in [2.24, 2.45) is 5.92 Å². The zero-order valence-electron chi connectivity index (χ0n) is 18.5. The third-order valence-corrected chi connectivity index (χ3v) is 6.27. The van der Waals surface area contributed by atoms with Crippen molar-refractivity contribution in [2.45, 2.75) is 44.9 Å². The molecule has 7 nitrogen and oxygen atoms in total. The molecule has 3 aromatic rings. The second kappa shape index (κ2) is 8.37. The summed E-state index contributed by atoms with van der Waals surface area (Å²) in [4.78, 5) is 32.5. The largest absolute Gasteiger partial charge is 0.360 e. The average molecular weight is 433 g/mol. The summed E-state index contributed by atoms with van der Waals surface area (Å²) in [6, 6.07) is 11.4. The average Bonchev–Trinajstić information content (AvgIpc) is 3.32. The maximum Gasteiger partial charge on any atom is 0.276 e. The summed E-state index contributed by atoms with van der Waals surface area (Å²) in [5.41, 5.74) is 2.68. The molecule has 1 aliphatic carbocycles. The number of carbonyl (C=O) groups excluding carboxylic acids is 2. The van der Waals surface area contributed by atoms with Gasteiger partial charge in [-0.15, -0.1) is 0 Å². The molecule has 3 heterocycles. The minimum atomic E-state index is -0.0983. The van der Waals surface area contributed by atoms with E-state index in [1.165, 1.54) is 0 Å². The summed E-state index contributed by atoms with van der Waals surface area (Å²) in [5.74, 6) is 1.51. The van der Waals surface area contributed by atoms with Gasteiger partial charge < -0.3 is 14.7 Å². The predicted molar refractivity (Wildman–Crippen MR) is 121 cm³/mol. The number of hydrogen-bond acceptors (Lipinski definition) is 5. The van der Waals surface area contributed by atoms with Crippen LogP contribution in [0.3, 0.4) is 0 Å². The number of pyridine rings is 1. The van der Waals surface area contributed by atoms with Gasteiger partial charge in [-0.05, 0) is 37.3 Å². The molecule has 5 rings (SSSR count). The number of rotatable bonds is 6. The maximum absolute atomic E-state index is 12.9. The van der Waals surface area contributed by atoms with E-state index in [-0.39, 0.29) is 17.7 Å². The van der Waals surface area contributed by atoms with Crippen LogP contribution in [0.5, 0.6) is 0 Å². The van der Waals surface area contributed by atoms with Crippen LogP contribution in [-0.4, -0.2) is 46.5 Å². The van der Waals surface area contributed by atoms with Gasteiger partial charge in [0.25, 0.3) is 11.8 Å². The van der Waals surface area contributed by atoms with E-state index in [9.17, 15) is 9.59 Å². The fourth-order valence-electron chi connectivity index (χ4n) is 4.28. The first kappa shape index (κ1) is 20.7. The Balaban J connectivity index is 1.37. The lowest BCUT2D eigenvalue weighted by atomic mass is 9.99. The van der Waals surface area contributed by atoms with Gasteiger partial charge in [-0.25, -0.2) is 0 Å². The van der Waals surface area contributed by atoms with Crippen molar-refractivity contribution < 1.29 is 14.1 Å². The number of aromatic nitrogens is 2. The molecule has 32 heavy (non-hydrogen) atoms. The van der Waals surface area contributed by atoms with Crippen molar-refractivity contribution in [3.05, 3.63) is 59.1 Å². The van der Waals surface area contributed by atoms with E-state index < -0.39 is 0 Å². The summed E-state index contributed by atoms with van der Waals surface area (Å²) in [5, 5.41) is 7.87. The molecule has 0 unspecified atom stereocenters. The minimum Gasteiger partial charge on any atom is -0.360 e. The lowest BCUT2D eigenvalue weighted by Crippen LogP contribution is -2.29. The van der Waals surface area contributed by atoms with E-state index in [1.54, 1.807) is 6.07 Å². The summed E-state index contributed by atoms with van der Waals surface area (Å²) in [7, 11) is 0. The summed E-state index contributed by atoms with van der Waals surface area (Å²) >= 11 is 0. The van der Waals surface area contributed by atoms with Crippen LogP contribution in [0.15, 0.2) is 40.9 Å². The lowest BCUT2D eigenvalue weighted by Gasteiger charge is -2.16. The Morgan fingerprint density at radius 1 is 1.16 bits per heavy atom. The van der Waals surface area contributed by atoms with Crippen LogP contribution in [0.1, 0.15) is 77.2 Å². The standard InChI is InChI=1S/C25H28N4O3/c1-15(2)13-26-24(30)19-11-21(27-20-6-4-3-5-18(19)20)17-9-10-29(14-17)25(31)22-12-23(32-28-22)16-7-8-16/h3-6,11-12,15-17H,7-10,13-14H2,1-2H3,(H,26,30)/t17-/m1/s1. The van der Waals surface area contributed by atoms with Crippen LogP contribution in [-0.2, 0) is 0 Å². The molecular formula is C25H28N4O3. The van der Waals surface area contributed by atoms with Crippen molar-refractivity contribution >= 4 is 22.7 Å². The molecule has 1 saturated heterocycles. The van der Waals surface area contributed by atoms with Gasteiger partial charge in [0.05, 0.1) is 11.1 Å². The molecule has 1 saturated carbocycles. The van der Waals surface area contributed by atoms with Crippen molar-refractivity contribution in [1.82, 2.24) is 20.4 Å². The molecule has 1 N–H and O–H groups in total. The smallest absolute Gasteiger partial charge is 0.276 e. The van der Waals surface area contributed by atoms with Gasteiger partial charge in [0.2, 0.25) is 0 Å². The quantitative estimate of drug-likeness (QED) is 0.633. The molecule has 2 amide bonds. The number of nitrogens with zero attached hydrogens (tertiary/aromatic N) is 3. The Hall–Kier alpha value is -3.22. The van der Waals surface area contributed by atoms with Crippen LogP contribution in [0.2, 0.25) is 0 Å². The monoisotopic (exact) mass is 432 g/mol. The Morgan fingerprint density at radius 2 is 1.97 bits per heavy atom. The highest BCUT2D eigenvalue weighted by Gasteiger charge is 2.33. The Labute approximate surface area is 187 Å². The van der Waals surface area contributed by atoms with E-state index in [1.807, 2.05) is 35.2 Å². The number of carbonyl (C=O) groups is 2. The van der Waals surface area contributed by atoms with E-state index in [4.69, 9.17) is 9.51 Å². The third-order valence-electron chi connectivity index (χ3n) is 6.27. The number of likely N-dealkylation sites (tertiary alicyclic amines) is 1. The summed E-state index contributed by atoms with van der Waals surface area (Å²) in [6.45, 7) is 5.96. The molecular weight excluding hydrogens is 404 g/mol. The Bertz CT molecular complexity index is 1160. The van der Waals surface area contributed by atoms with Gasteiger partial charge in [-0.3, -0.25) is 14.6 Å². The number of benzene rings is 1. The predicted octanol–water partition coefficient (Wildman–Crippen LogP) is 4.12. The number of nitrogens with one attached hydrogen (secondary N) is 1. The molecule has 166 valence electrons. The normalized spacial score (nSPS) is 18.5. The maximum atomic E-state index is 12.9. The zero-order valence-corrected chi connectivity index (χ0v) is 18.5. The first-order valence-electron chi connectivity index (χ1n) is 11.4. The van der Waals surface area contributed by atoms with Crippen LogP contribution >= 0.6 is 0 Å². The van der Waals surface area contributed by atoms with Crippen molar-refractivity contribution in [3.8, 4) is 0 Å². The second-order valence-electron chi connectivity index (χ2n) is 9.34. The topological polar surface area (TPSA) is 88.3 Å². The number of para-hydroxylation sites is 1. The Kier molecular flexibility index (Phi) is 5.41. The molecule has 1 atom stereocenters. The highest BCUT2D eigenvalue weighted by Crippen LogP contribution is 2.40. The molecule has 2 fully saturated rings. The Morgan fingerprint density at radius 3 is 2.75 bits per heavy atom.